The number of carboxylic acids is 1. The van der Waals surface area contributed by atoms with Crippen LogP contribution < -0.4 is 10.9 Å². The Balaban J connectivity index is 2.59. The van der Waals surface area contributed by atoms with Crippen molar-refractivity contribution < 1.29 is 19.4 Å². The molecule has 21 heavy (non-hydrogen) atoms. The molecule has 1 amide bonds. The maximum atomic E-state index is 11.5. The van der Waals surface area contributed by atoms with Gasteiger partial charge in [0.05, 0.1) is 0 Å². The molecule has 0 aliphatic heterocycles. The van der Waals surface area contributed by atoms with Crippen molar-refractivity contribution in [3.63, 3.8) is 0 Å². The predicted octanol–water partition coefficient (Wildman–Crippen LogP) is 2.02. The summed E-state index contributed by atoms with van der Waals surface area (Å²) in [7, 11) is 0. The van der Waals surface area contributed by atoms with E-state index < -0.39 is 23.7 Å². The van der Waals surface area contributed by atoms with E-state index in [1.807, 2.05) is 31.2 Å². The van der Waals surface area contributed by atoms with Crippen molar-refractivity contribution in [3.8, 4) is 0 Å². The zero-order valence-electron chi connectivity index (χ0n) is 12.8. The molecule has 1 atom stereocenters. The van der Waals surface area contributed by atoms with Gasteiger partial charge in [0.1, 0.15) is 11.6 Å². The quantitative estimate of drug-likeness (QED) is 0.723. The summed E-state index contributed by atoms with van der Waals surface area (Å²) in [4.78, 5) is 22.7. The fraction of sp³-hybridized carbons (Fsp3) is 0.467. The van der Waals surface area contributed by atoms with Gasteiger partial charge < -0.3 is 9.84 Å². The maximum absolute atomic E-state index is 11.5. The first-order valence-electron chi connectivity index (χ1n) is 6.70. The zero-order chi connectivity index (χ0) is 16.0. The van der Waals surface area contributed by atoms with Gasteiger partial charge in [-0.05, 0) is 33.3 Å². The second-order valence-corrected chi connectivity index (χ2v) is 5.86. The van der Waals surface area contributed by atoms with Crippen molar-refractivity contribution in [1.82, 2.24) is 10.9 Å². The number of aliphatic carboxylic acids is 1. The summed E-state index contributed by atoms with van der Waals surface area (Å²) in [6.07, 6.45) is -0.453. The number of hydrazine groups is 1. The Hall–Kier alpha value is -2.08. The van der Waals surface area contributed by atoms with Crippen molar-refractivity contribution in [1.29, 1.82) is 0 Å². The minimum absolute atomic E-state index is 0.257. The normalized spacial score (nSPS) is 12.6. The van der Waals surface area contributed by atoms with E-state index in [1.54, 1.807) is 20.8 Å². The lowest BCUT2D eigenvalue weighted by molar-refractivity contribution is -0.139. The van der Waals surface area contributed by atoms with Crippen LogP contribution in [0.5, 0.6) is 0 Å². The first-order chi connectivity index (χ1) is 9.67. The number of benzene rings is 1. The Bertz CT molecular complexity index is 509. The molecule has 0 unspecified atom stereocenters. The SMILES string of the molecule is Cc1cccc(C[C@H](NNC(=O)OC(C)(C)C)C(=O)O)c1. The van der Waals surface area contributed by atoms with Crippen LogP contribution in [0.1, 0.15) is 31.9 Å². The molecule has 0 saturated heterocycles. The first kappa shape index (κ1) is 17.0. The van der Waals surface area contributed by atoms with E-state index in [2.05, 4.69) is 10.9 Å². The standard InChI is InChI=1S/C15H22N2O4/c1-10-6-5-7-11(8-10)9-12(13(18)19)16-17-14(20)21-15(2,3)4/h5-8,12,16H,9H2,1-4H3,(H,17,20)(H,18,19)/t12-/m0/s1. The molecule has 1 aromatic rings. The van der Waals surface area contributed by atoms with Gasteiger partial charge in [0.25, 0.3) is 0 Å². The number of carbonyl (C=O) groups excluding carboxylic acids is 1. The number of nitrogens with one attached hydrogen (secondary N) is 2. The Labute approximate surface area is 124 Å². The van der Waals surface area contributed by atoms with Gasteiger partial charge in [0.2, 0.25) is 0 Å². The van der Waals surface area contributed by atoms with Gasteiger partial charge in [0, 0.05) is 6.42 Å². The number of carboxylic acid groups (broad SMARTS) is 1. The Morgan fingerprint density at radius 1 is 1.33 bits per heavy atom. The topological polar surface area (TPSA) is 87.7 Å². The predicted molar refractivity (Wildman–Crippen MR) is 78.8 cm³/mol. The fourth-order valence-electron chi connectivity index (χ4n) is 1.72. The van der Waals surface area contributed by atoms with Crippen LogP contribution in [0.3, 0.4) is 0 Å². The zero-order valence-corrected chi connectivity index (χ0v) is 12.8. The number of ether oxygens (including phenoxy) is 1. The van der Waals surface area contributed by atoms with Crippen LogP contribution in [0.15, 0.2) is 24.3 Å². The summed E-state index contributed by atoms with van der Waals surface area (Å²) in [6, 6.07) is 6.62. The lowest BCUT2D eigenvalue weighted by atomic mass is 10.0. The van der Waals surface area contributed by atoms with Crippen molar-refractivity contribution >= 4 is 12.1 Å². The molecule has 0 saturated carbocycles. The van der Waals surface area contributed by atoms with E-state index in [-0.39, 0.29) is 6.42 Å². The van der Waals surface area contributed by atoms with Crippen molar-refractivity contribution in [2.45, 2.75) is 45.8 Å². The van der Waals surface area contributed by atoms with Crippen LogP contribution >= 0.6 is 0 Å². The molecule has 6 heteroatoms. The van der Waals surface area contributed by atoms with Gasteiger partial charge in [-0.1, -0.05) is 29.8 Å². The smallest absolute Gasteiger partial charge is 0.422 e. The molecule has 0 bridgehead atoms. The number of rotatable bonds is 5. The highest BCUT2D eigenvalue weighted by Gasteiger charge is 2.21. The highest BCUT2D eigenvalue weighted by molar-refractivity contribution is 5.75. The summed E-state index contributed by atoms with van der Waals surface area (Å²) in [5, 5.41) is 9.19. The van der Waals surface area contributed by atoms with Crippen LogP contribution in [0.2, 0.25) is 0 Å². The second-order valence-electron chi connectivity index (χ2n) is 5.86. The van der Waals surface area contributed by atoms with E-state index in [1.165, 1.54) is 0 Å². The minimum Gasteiger partial charge on any atom is -0.480 e. The van der Waals surface area contributed by atoms with Crippen LogP contribution in [-0.4, -0.2) is 28.8 Å². The molecule has 0 aliphatic rings. The fourth-order valence-corrected chi connectivity index (χ4v) is 1.72. The number of carbonyl (C=O) groups is 2. The largest absolute Gasteiger partial charge is 0.480 e. The molecule has 116 valence electrons. The molecule has 0 aromatic heterocycles. The molecule has 6 nitrogen and oxygen atoms in total. The Morgan fingerprint density at radius 3 is 2.52 bits per heavy atom. The van der Waals surface area contributed by atoms with Gasteiger partial charge in [-0.15, -0.1) is 0 Å². The van der Waals surface area contributed by atoms with E-state index in [4.69, 9.17) is 4.74 Å². The lowest BCUT2D eigenvalue weighted by Crippen LogP contribution is -2.50. The van der Waals surface area contributed by atoms with Crippen LogP contribution in [0, 0.1) is 6.92 Å². The number of amides is 1. The first-order valence-corrected chi connectivity index (χ1v) is 6.70. The third-order valence-corrected chi connectivity index (χ3v) is 2.57. The van der Waals surface area contributed by atoms with Crippen LogP contribution in [0.25, 0.3) is 0 Å². The third kappa shape index (κ3) is 6.76. The maximum Gasteiger partial charge on any atom is 0.422 e. The van der Waals surface area contributed by atoms with Gasteiger partial charge in [0.15, 0.2) is 0 Å². The van der Waals surface area contributed by atoms with Crippen molar-refractivity contribution in [2.24, 2.45) is 0 Å². The molecule has 0 heterocycles. The summed E-state index contributed by atoms with van der Waals surface area (Å²) >= 11 is 0. The molecule has 0 aliphatic carbocycles. The van der Waals surface area contributed by atoms with E-state index in [9.17, 15) is 14.7 Å². The van der Waals surface area contributed by atoms with E-state index in [0.717, 1.165) is 11.1 Å². The van der Waals surface area contributed by atoms with Crippen LogP contribution in [-0.2, 0) is 16.0 Å². The molecule has 0 spiro atoms. The molecule has 3 N–H and O–H groups in total. The van der Waals surface area contributed by atoms with Gasteiger partial charge >= 0.3 is 12.1 Å². The molecular formula is C15H22N2O4. The summed E-state index contributed by atoms with van der Waals surface area (Å²) in [5.74, 6) is -1.05. The third-order valence-electron chi connectivity index (χ3n) is 2.57. The average Bonchev–Trinajstić information content (AvgIpc) is 2.32. The summed E-state index contributed by atoms with van der Waals surface area (Å²) in [6.45, 7) is 7.13. The number of hydrogen-bond donors (Lipinski definition) is 3. The van der Waals surface area contributed by atoms with E-state index >= 15 is 0 Å². The van der Waals surface area contributed by atoms with Crippen molar-refractivity contribution in [3.05, 3.63) is 35.4 Å². The van der Waals surface area contributed by atoms with Crippen molar-refractivity contribution in [2.75, 3.05) is 0 Å². The molecule has 1 aromatic carbocycles. The molecule has 0 fully saturated rings. The lowest BCUT2D eigenvalue weighted by Gasteiger charge is -2.21. The minimum atomic E-state index is -1.05. The molecule has 0 radical (unpaired) electrons. The van der Waals surface area contributed by atoms with E-state index in [0.29, 0.717) is 0 Å². The molecular weight excluding hydrogens is 272 g/mol. The highest BCUT2D eigenvalue weighted by Crippen LogP contribution is 2.08. The average molecular weight is 294 g/mol. The number of hydrogen-bond acceptors (Lipinski definition) is 4. The molecule has 1 rings (SSSR count). The summed E-state index contributed by atoms with van der Waals surface area (Å²) < 4.78 is 5.03. The summed E-state index contributed by atoms with van der Waals surface area (Å²) in [5.41, 5.74) is 6.04. The van der Waals surface area contributed by atoms with Crippen LogP contribution in [0.4, 0.5) is 4.79 Å². The van der Waals surface area contributed by atoms with Gasteiger partial charge in [-0.25, -0.2) is 10.2 Å². The monoisotopic (exact) mass is 294 g/mol. The number of aryl methyl sites for hydroxylation is 1. The van der Waals surface area contributed by atoms with Gasteiger partial charge in [-0.3, -0.25) is 10.2 Å². The highest BCUT2D eigenvalue weighted by atomic mass is 16.6. The Kier molecular flexibility index (Phi) is 5.72. The Morgan fingerprint density at radius 2 is 2.00 bits per heavy atom. The van der Waals surface area contributed by atoms with Gasteiger partial charge in [-0.2, -0.15) is 0 Å². The second kappa shape index (κ2) is 7.08.